The van der Waals surface area contributed by atoms with Gasteiger partial charge < -0.3 is 5.32 Å². The first-order chi connectivity index (χ1) is 8.93. The number of nitrogens with zero attached hydrogens (tertiary/aromatic N) is 2. The average Bonchev–Trinajstić information content (AvgIpc) is 2.65. The van der Waals surface area contributed by atoms with E-state index < -0.39 is 0 Å². The molecule has 1 N–H and O–H groups in total. The largest absolute Gasteiger partial charge is 0.352 e. The maximum absolute atomic E-state index is 11.8. The van der Waals surface area contributed by atoms with E-state index in [1.165, 1.54) is 0 Å². The average molecular weight is 263 g/mol. The normalized spacial score (nSPS) is 13.4. The summed E-state index contributed by atoms with van der Waals surface area (Å²) in [5.41, 5.74) is 2.99. The molecule has 0 saturated carbocycles. The van der Waals surface area contributed by atoms with Gasteiger partial charge in [-0.1, -0.05) is 19.9 Å². The van der Waals surface area contributed by atoms with Crippen molar-refractivity contribution < 1.29 is 4.79 Å². The Labute approximate surface area is 115 Å². The molecule has 1 rings (SSSR count). The molecule has 0 bridgehead atoms. The van der Waals surface area contributed by atoms with E-state index in [0.29, 0.717) is 12.5 Å². The van der Waals surface area contributed by atoms with Gasteiger partial charge in [-0.25, -0.2) is 0 Å². The van der Waals surface area contributed by atoms with Crippen LogP contribution in [0.15, 0.2) is 17.7 Å². The SMILES string of the molecule is CCC=C(C)C(=O)NCC(C)Cn1nc(C)cc1C. The molecule has 0 saturated heterocycles. The van der Waals surface area contributed by atoms with Crippen LogP contribution in [0.2, 0.25) is 0 Å². The van der Waals surface area contributed by atoms with Crippen LogP contribution in [-0.4, -0.2) is 22.2 Å². The lowest BCUT2D eigenvalue weighted by Crippen LogP contribution is -2.30. The fraction of sp³-hybridized carbons (Fsp3) is 0.600. The zero-order valence-corrected chi connectivity index (χ0v) is 12.7. The number of nitrogens with one attached hydrogen (secondary N) is 1. The van der Waals surface area contributed by atoms with Crippen molar-refractivity contribution >= 4 is 5.91 Å². The van der Waals surface area contributed by atoms with Gasteiger partial charge in [-0.15, -0.1) is 0 Å². The van der Waals surface area contributed by atoms with Crippen molar-refractivity contribution in [2.75, 3.05) is 6.54 Å². The van der Waals surface area contributed by atoms with Crippen LogP contribution in [0.1, 0.15) is 38.6 Å². The monoisotopic (exact) mass is 263 g/mol. The third-order valence-electron chi connectivity index (χ3n) is 3.07. The molecule has 0 aliphatic heterocycles. The zero-order valence-electron chi connectivity index (χ0n) is 12.7. The van der Waals surface area contributed by atoms with Crippen molar-refractivity contribution in [3.05, 3.63) is 29.1 Å². The number of aromatic nitrogens is 2. The lowest BCUT2D eigenvalue weighted by molar-refractivity contribution is -0.117. The number of amides is 1. The molecule has 1 amide bonds. The minimum absolute atomic E-state index is 0.0297. The predicted octanol–water partition coefficient (Wildman–Crippen LogP) is 2.61. The Bertz CT molecular complexity index is 460. The summed E-state index contributed by atoms with van der Waals surface area (Å²) in [5.74, 6) is 0.387. The molecular weight excluding hydrogens is 238 g/mol. The molecule has 0 radical (unpaired) electrons. The van der Waals surface area contributed by atoms with Crippen molar-refractivity contribution in [2.45, 2.75) is 47.6 Å². The van der Waals surface area contributed by atoms with E-state index in [2.05, 4.69) is 30.3 Å². The molecule has 1 heterocycles. The van der Waals surface area contributed by atoms with Gasteiger partial charge in [0.2, 0.25) is 5.91 Å². The molecule has 1 aromatic heterocycles. The van der Waals surface area contributed by atoms with E-state index in [1.807, 2.05) is 31.5 Å². The van der Waals surface area contributed by atoms with Crippen molar-refractivity contribution in [1.29, 1.82) is 0 Å². The second-order valence-electron chi connectivity index (χ2n) is 5.22. The highest BCUT2D eigenvalue weighted by molar-refractivity contribution is 5.92. The molecule has 1 atom stereocenters. The summed E-state index contributed by atoms with van der Waals surface area (Å²) in [6.07, 6.45) is 2.83. The minimum atomic E-state index is 0.0297. The standard InChI is InChI=1S/C15H25N3O/c1-6-7-12(3)15(19)16-9-11(2)10-18-14(5)8-13(4)17-18/h7-8,11H,6,9-10H2,1-5H3,(H,16,19). The lowest BCUT2D eigenvalue weighted by atomic mass is 10.1. The molecule has 0 fully saturated rings. The third-order valence-corrected chi connectivity index (χ3v) is 3.07. The molecule has 0 aliphatic rings. The highest BCUT2D eigenvalue weighted by Crippen LogP contribution is 2.06. The Balaban J connectivity index is 2.44. The summed E-state index contributed by atoms with van der Waals surface area (Å²) < 4.78 is 2.00. The van der Waals surface area contributed by atoms with Gasteiger partial charge in [0.25, 0.3) is 0 Å². The van der Waals surface area contributed by atoms with E-state index in [0.717, 1.165) is 29.9 Å². The van der Waals surface area contributed by atoms with Crippen LogP contribution in [0.3, 0.4) is 0 Å². The molecule has 1 aromatic rings. The zero-order chi connectivity index (χ0) is 14.4. The highest BCUT2D eigenvalue weighted by atomic mass is 16.1. The van der Waals surface area contributed by atoms with Crippen LogP contribution in [0, 0.1) is 19.8 Å². The van der Waals surface area contributed by atoms with E-state index >= 15 is 0 Å². The summed E-state index contributed by atoms with van der Waals surface area (Å²) >= 11 is 0. The first-order valence-electron chi connectivity index (χ1n) is 6.90. The second-order valence-corrected chi connectivity index (χ2v) is 5.22. The maximum atomic E-state index is 11.8. The Morgan fingerprint density at radius 2 is 2.21 bits per heavy atom. The second kappa shape index (κ2) is 7.12. The highest BCUT2D eigenvalue weighted by Gasteiger charge is 2.09. The predicted molar refractivity (Wildman–Crippen MR) is 77.9 cm³/mol. The minimum Gasteiger partial charge on any atom is -0.352 e. The van der Waals surface area contributed by atoms with Crippen LogP contribution in [0.25, 0.3) is 0 Å². The molecule has 1 unspecified atom stereocenters. The van der Waals surface area contributed by atoms with Gasteiger partial charge in [0.15, 0.2) is 0 Å². The number of rotatable bonds is 6. The fourth-order valence-electron chi connectivity index (χ4n) is 2.02. The third kappa shape index (κ3) is 4.89. The number of allylic oxidation sites excluding steroid dienone is 1. The van der Waals surface area contributed by atoms with Crippen LogP contribution in [-0.2, 0) is 11.3 Å². The maximum Gasteiger partial charge on any atom is 0.246 e. The van der Waals surface area contributed by atoms with Gasteiger partial charge in [0.1, 0.15) is 0 Å². The van der Waals surface area contributed by atoms with Crippen molar-refractivity contribution in [3.8, 4) is 0 Å². The van der Waals surface area contributed by atoms with Gasteiger partial charge in [0.05, 0.1) is 5.69 Å². The molecular formula is C15H25N3O. The summed E-state index contributed by atoms with van der Waals surface area (Å²) in [6.45, 7) is 11.6. The van der Waals surface area contributed by atoms with Gasteiger partial charge in [-0.3, -0.25) is 9.48 Å². The van der Waals surface area contributed by atoms with Gasteiger partial charge in [-0.2, -0.15) is 5.10 Å². The first kappa shape index (κ1) is 15.5. The van der Waals surface area contributed by atoms with Crippen molar-refractivity contribution in [1.82, 2.24) is 15.1 Å². The summed E-state index contributed by atoms with van der Waals surface area (Å²) in [7, 11) is 0. The van der Waals surface area contributed by atoms with E-state index in [-0.39, 0.29) is 5.91 Å². The van der Waals surface area contributed by atoms with E-state index in [1.54, 1.807) is 0 Å². The first-order valence-corrected chi connectivity index (χ1v) is 6.90. The number of hydrogen-bond acceptors (Lipinski definition) is 2. The summed E-state index contributed by atoms with van der Waals surface area (Å²) in [6, 6.07) is 2.07. The Hall–Kier alpha value is -1.58. The fourth-order valence-corrected chi connectivity index (χ4v) is 2.02. The molecule has 106 valence electrons. The molecule has 4 nitrogen and oxygen atoms in total. The Morgan fingerprint density at radius 3 is 2.74 bits per heavy atom. The Kier molecular flexibility index (Phi) is 5.80. The number of hydrogen-bond donors (Lipinski definition) is 1. The number of aryl methyl sites for hydroxylation is 2. The number of carbonyl (C=O) groups excluding carboxylic acids is 1. The molecule has 0 aliphatic carbocycles. The molecule has 4 heteroatoms. The van der Waals surface area contributed by atoms with Crippen molar-refractivity contribution in [2.24, 2.45) is 5.92 Å². The quantitative estimate of drug-likeness (QED) is 0.802. The lowest BCUT2D eigenvalue weighted by Gasteiger charge is -2.14. The van der Waals surface area contributed by atoms with E-state index in [9.17, 15) is 4.79 Å². The van der Waals surface area contributed by atoms with Gasteiger partial charge >= 0.3 is 0 Å². The topological polar surface area (TPSA) is 46.9 Å². The molecule has 0 spiro atoms. The van der Waals surface area contributed by atoms with Crippen LogP contribution >= 0.6 is 0 Å². The van der Waals surface area contributed by atoms with Crippen molar-refractivity contribution in [3.63, 3.8) is 0 Å². The molecule has 19 heavy (non-hydrogen) atoms. The molecule has 0 aromatic carbocycles. The van der Waals surface area contributed by atoms with Gasteiger partial charge in [0, 0.05) is 24.4 Å². The number of carbonyl (C=O) groups is 1. The van der Waals surface area contributed by atoms with E-state index in [4.69, 9.17) is 0 Å². The van der Waals surface area contributed by atoms with Crippen LogP contribution in [0.5, 0.6) is 0 Å². The summed E-state index contributed by atoms with van der Waals surface area (Å²) in [5, 5.41) is 7.40. The van der Waals surface area contributed by atoms with Crippen LogP contribution in [0.4, 0.5) is 0 Å². The Morgan fingerprint density at radius 1 is 1.53 bits per heavy atom. The smallest absolute Gasteiger partial charge is 0.246 e. The van der Waals surface area contributed by atoms with Crippen LogP contribution < -0.4 is 5.32 Å². The van der Waals surface area contributed by atoms with Gasteiger partial charge in [-0.05, 0) is 39.2 Å². The summed E-state index contributed by atoms with van der Waals surface area (Å²) in [4.78, 5) is 11.8.